The molecule has 6 N–H and O–H groups in total. The second-order valence-corrected chi connectivity index (χ2v) is 17.9. The Kier molecular flexibility index (Phi) is 18.2. The Labute approximate surface area is 371 Å². The SMILES string of the molecule is CCC(C)C(NC(=O)Cc1ccccc1)C(=O)NC1C(=O)NC(Cc2ccccc2)C(=O)N2CCCC2C(=O)NC(C(C)C)C(=O)NC(C(C)C)C(=O)NC(C(C)C)C(=O)OC1C. The molecular weight excluding hydrogens is 807 g/mol. The molecule has 2 aliphatic heterocycles. The molecule has 16 nitrogen and oxygen atoms in total. The van der Waals surface area contributed by atoms with Crippen molar-refractivity contribution in [3.05, 3.63) is 71.8 Å². The van der Waals surface area contributed by atoms with Gasteiger partial charge in [0.2, 0.25) is 41.4 Å². The highest BCUT2D eigenvalue weighted by Crippen LogP contribution is 2.22. The first-order valence-electron chi connectivity index (χ1n) is 22.2. The minimum Gasteiger partial charge on any atom is -0.458 e. The number of benzene rings is 2. The maximum absolute atomic E-state index is 14.7. The predicted molar refractivity (Wildman–Crippen MR) is 236 cm³/mol. The topological polar surface area (TPSA) is 221 Å². The highest BCUT2D eigenvalue weighted by atomic mass is 16.5. The van der Waals surface area contributed by atoms with Crippen molar-refractivity contribution in [2.75, 3.05) is 6.54 Å². The summed E-state index contributed by atoms with van der Waals surface area (Å²) in [5.41, 5.74) is 1.43. The summed E-state index contributed by atoms with van der Waals surface area (Å²) < 4.78 is 5.92. The van der Waals surface area contributed by atoms with E-state index in [1.54, 1.807) is 97.0 Å². The Bertz CT molecular complexity index is 1930. The van der Waals surface area contributed by atoms with Gasteiger partial charge in [-0.05, 0) is 54.6 Å². The number of hydrogen-bond acceptors (Lipinski definition) is 9. The van der Waals surface area contributed by atoms with Crippen LogP contribution in [0.25, 0.3) is 0 Å². The number of nitrogens with zero attached hydrogens (tertiary/aromatic N) is 1. The van der Waals surface area contributed by atoms with Gasteiger partial charge in [-0.1, -0.05) is 122 Å². The number of carbonyl (C=O) groups excluding carboxylic acids is 8. The zero-order chi connectivity index (χ0) is 46.5. The molecule has 2 saturated heterocycles. The van der Waals surface area contributed by atoms with E-state index in [0.29, 0.717) is 24.8 Å². The lowest BCUT2D eigenvalue weighted by atomic mass is 9.97. The minimum absolute atomic E-state index is 0.000433. The number of fused-ring (bicyclic) bond motifs is 1. The average molecular weight is 874 g/mol. The smallest absolute Gasteiger partial charge is 0.329 e. The first kappa shape index (κ1) is 49.9. The first-order valence-corrected chi connectivity index (χ1v) is 22.2. The molecule has 63 heavy (non-hydrogen) atoms. The molecule has 2 aliphatic rings. The second-order valence-electron chi connectivity index (χ2n) is 17.9. The fourth-order valence-corrected chi connectivity index (χ4v) is 7.79. The van der Waals surface area contributed by atoms with Crippen LogP contribution in [0, 0.1) is 23.7 Å². The standard InChI is InChI=1S/C47H67N7O9/c1-10-29(8)39(49-35(55)25-32-20-15-12-16-21-32)44(59)53-40-30(9)63-47(62)38(28(6)7)52-43(58)37(27(4)5)51-42(57)36(26(2)3)50-41(56)34-22-17-23-54(34)46(61)33(48-45(40)60)24-31-18-13-11-14-19-31/h11-16,18-21,26-30,33-34,36-40H,10,17,22-25H2,1-9H3,(H,48,60)(H,49,55)(H,50,56)(H,51,57)(H,52,58)(H,53,59). The predicted octanol–water partition coefficient (Wildman–Crippen LogP) is 2.33. The van der Waals surface area contributed by atoms with Crippen molar-refractivity contribution in [1.82, 2.24) is 36.8 Å². The van der Waals surface area contributed by atoms with Crippen molar-refractivity contribution in [2.45, 2.75) is 143 Å². The van der Waals surface area contributed by atoms with E-state index in [1.165, 1.54) is 11.8 Å². The third-order valence-electron chi connectivity index (χ3n) is 11.8. The maximum Gasteiger partial charge on any atom is 0.329 e. The van der Waals surface area contributed by atoms with Gasteiger partial charge in [-0.15, -0.1) is 0 Å². The van der Waals surface area contributed by atoms with Crippen molar-refractivity contribution in [2.24, 2.45) is 23.7 Å². The highest BCUT2D eigenvalue weighted by molar-refractivity contribution is 5.98. The molecule has 0 aromatic heterocycles. The summed E-state index contributed by atoms with van der Waals surface area (Å²) in [5.74, 6) is -7.14. The summed E-state index contributed by atoms with van der Waals surface area (Å²) in [6.07, 6.45) is -0.133. The molecule has 2 heterocycles. The van der Waals surface area contributed by atoms with Crippen LogP contribution in [0.5, 0.6) is 0 Å². The Hall–Kier alpha value is -5.80. The van der Waals surface area contributed by atoms with E-state index < -0.39 is 119 Å². The molecule has 9 atom stereocenters. The number of nitrogens with one attached hydrogen (secondary N) is 6. The number of esters is 1. The van der Waals surface area contributed by atoms with Gasteiger partial charge in [-0.3, -0.25) is 33.6 Å². The molecule has 0 spiro atoms. The number of amides is 7. The van der Waals surface area contributed by atoms with E-state index in [-0.39, 0.29) is 19.4 Å². The summed E-state index contributed by atoms with van der Waals surface area (Å²) >= 11 is 0. The zero-order valence-corrected chi connectivity index (χ0v) is 38.1. The van der Waals surface area contributed by atoms with Crippen molar-refractivity contribution < 1.29 is 43.1 Å². The third-order valence-corrected chi connectivity index (χ3v) is 11.8. The van der Waals surface area contributed by atoms with E-state index in [2.05, 4.69) is 31.9 Å². The molecule has 2 aromatic carbocycles. The Morgan fingerprint density at radius 3 is 1.78 bits per heavy atom. The maximum atomic E-state index is 14.7. The first-order chi connectivity index (χ1) is 29.8. The molecule has 0 aliphatic carbocycles. The summed E-state index contributed by atoms with van der Waals surface area (Å²) in [4.78, 5) is 114. The van der Waals surface area contributed by atoms with Gasteiger partial charge in [0.25, 0.3) is 0 Å². The van der Waals surface area contributed by atoms with Crippen molar-refractivity contribution in [3.63, 3.8) is 0 Å². The summed E-state index contributed by atoms with van der Waals surface area (Å²) in [7, 11) is 0. The zero-order valence-electron chi connectivity index (χ0n) is 38.1. The van der Waals surface area contributed by atoms with E-state index in [4.69, 9.17) is 4.74 Å². The van der Waals surface area contributed by atoms with Crippen molar-refractivity contribution in [3.8, 4) is 0 Å². The van der Waals surface area contributed by atoms with Crippen LogP contribution < -0.4 is 31.9 Å². The summed E-state index contributed by atoms with van der Waals surface area (Å²) in [5, 5.41) is 16.7. The monoisotopic (exact) mass is 874 g/mol. The fourth-order valence-electron chi connectivity index (χ4n) is 7.79. The average Bonchev–Trinajstić information content (AvgIpc) is 3.74. The number of carbonyl (C=O) groups is 8. The lowest BCUT2D eigenvalue weighted by Crippen LogP contribution is -2.62. The van der Waals surface area contributed by atoms with Crippen LogP contribution in [0.15, 0.2) is 60.7 Å². The van der Waals surface area contributed by atoms with E-state index in [9.17, 15) is 38.4 Å². The number of hydrogen-bond donors (Lipinski definition) is 6. The number of ether oxygens (including phenoxy) is 1. The van der Waals surface area contributed by atoms with Gasteiger partial charge in [0.15, 0.2) is 0 Å². The molecule has 2 aromatic rings. The second kappa shape index (κ2) is 23.0. The Morgan fingerprint density at radius 1 is 0.714 bits per heavy atom. The van der Waals surface area contributed by atoms with Crippen LogP contribution in [0.1, 0.15) is 92.7 Å². The van der Waals surface area contributed by atoms with Crippen LogP contribution in [0.4, 0.5) is 0 Å². The van der Waals surface area contributed by atoms with E-state index in [1.807, 2.05) is 19.1 Å². The summed E-state index contributed by atoms with van der Waals surface area (Å²) in [6, 6.07) is 9.56. The van der Waals surface area contributed by atoms with Gasteiger partial charge in [0, 0.05) is 13.0 Å². The highest BCUT2D eigenvalue weighted by Gasteiger charge is 2.43. The van der Waals surface area contributed by atoms with Gasteiger partial charge in [0.05, 0.1) is 6.42 Å². The van der Waals surface area contributed by atoms with Gasteiger partial charge < -0.3 is 41.5 Å². The molecule has 0 saturated carbocycles. The molecule has 0 bridgehead atoms. The largest absolute Gasteiger partial charge is 0.458 e. The molecular formula is C47H67N7O9. The lowest BCUT2D eigenvalue weighted by Gasteiger charge is -2.33. The van der Waals surface area contributed by atoms with Gasteiger partial charge in [0.1, 0.15) is 48.4 Å². The normalized spacial score (nSPS) is 25.3. The lowest BCUT2D eigenvalue weighted by molar-refractivity contribution is -0.157. The molecule has 9 unspecified atom stereocenters. The molecule has 7 amide bonds. The molecule has 4 rings (SSSR count). The quantitative estimate of drug-likeness (QED) is 0.172. The van der Waals surface area contributed by atoms with Crippen molar-refractivity contribution >= 4 is 47.3 Å². The number of rotatable bonds is 12. The molecule has 0 radical (unpaired) electrons. The molecule has 2 fully saturated rings. The molecule has 344 valence electrons. The number of cyclic esters (lactones) is 1. The van der Waals surface area contributed by atoms with Gasteiger partial charge in [-0.2, -0.15) is 0 Å². The van der Waals surface area contributed by atoms with E-state index >= 15 is 0 Å². The third kappa shape index (κ3) is 13.6. The Morgan fingerprint density at radius 2 is 1.24 bits per heavy atom. The summed E-state index contributed by atoms with van der Waals surface area (Å²) in [6.45, 7) is 15.6. The van der Waals surface area contributed by atoms with E-state index in [0.717, 1.165) is 5.56 Å². The van der Waals surface area contributed by atoms with Crippen LogP contribution in [0.3, 0.4) is 0 Å². The Balaban J connectivity index is 1.79. The fraction of sp³-hybridized carbons (Fsp3) is 0.574. The van der Waals surface area contributed by atoms with Gasteiger partial charge in [-0.25, -0.2) is 4.79 Å². The van der Waals surface area contributed by atoms with Crippen molar-refractivity contribution in [1.29, 1.82) is 0 Å². The van der Waals surface area contributed by atoms with Gasteiger partial charge >= 0.3 is 5.97 Å². The van der Waals surface area contributed by atoms with Crippen LogP contribution in [0.2, 0.25) is 0 Å². The van der Waals surface area contributed by atoms with Crippen LogP contribution in [-0.2, 0) is 55.9 Å². The molecule has 16 heteroatoms. The van der Waals surface area contributed by atoms with Crippen LogP contribution >= 0.6 is 0 Å². The minimum atomic E-state index is -1.61. The van der Waals surface area contributed by atoms with Crippen LogP contribution in [-0.4, -0.2) is 107 Å².